The Morgan fingerprint density at radius 1 is 1.03 bits per heavy atom. The van der Waals surface area contributed by atoms with Crippen LogP contribution in [0.3, 0.4) is 0 Å². The van der Waals surface area contributed by atoms with Crippen molar-refractivity contribution in [3.8, 4) is 0 Å². The van der Waals surface area contributed by atoms with Crippen molar-refractivity contribution in [2.24, 2.45) is 15.9 Å². The highest BCUT2D eigenvalue weighted by Gasteiger charge is 2.27. The lowest BCUT2D eigenvalue weighted by Crippen LogP contribution is -2.40. The molecule has 1 aliphatic heterocycles. The Labute approximate surface area is 185 Å². The molecule has 31 heavy (non-hydrogen) atoms. The molecule has 0 fully saturated rings. The monoisotopic (exact) mass is 432 g/mol. The van der Waals surface area contributed by atoms with Gasteiger partial charge in [0.05, 0.1) is 12.3 Å². The molecule has 2 aromatic rings. The standard InChI is InChI=1S/C24H21ClN4O2/c1-16-6-12-19(13-7-16)26-24(31)29(14-17-8-10-18(25)11-9-17)15-22-27-21-5-3-2-4-20(21)23(30)28-22/h2-13,20H,14-15H2,1H3,(H,26,31). The molecule has 156 valence electrons. The van der Waals surface area contributed by atoms with Gasteiger partial charge in [0.2, 0.25) is 0 Å². The lowest BCUT2D eigenvalue weighted by Gasteiger charge is -2.25. The Balaban J connectivity index is 1.56. The molecule has 0 spiro atoms. The Bertz CT molecular complexity index is 1120. The molecule has 4 rings (SSSR count). The number of aryl methyl sites for hydroxylation is 1. The summed E-state index contributed by atoms with van der Waals surface area (Å²) in [5.41, 5.74) is 3.33. The number of urea groups is 1. The number of allylic oxidation sites excluding steroid dienone is 3. The van der Waals surface area contributed by atoms with E-state index in [1.165, 1.54) is 0 Å². The minimum atomic E-state index is -0.445. The number of amidine groups is 1. The zero-order chi connectivity index (χ0) is 21.8. The molecule has 1 atom stereocenters. The lowest BCUT2D eigenvalue weighted by atomic mass is 9.96. The topological polar surface area (TPSA) is 74.1 Å². The van der Waals surface area contributed by atoms with Crippen LogP contribution in [-0.2, 0) is 11.3 Å². The molecule has 6 nitrogen and oxygen atoms in total. The van der Waals surface area contributed by atoms with Crippen LogP contribution < -0.4 is 5.32 Å². The van der Waals surface area contributed by atoms with Crippen LogP contribution in [0.2, 0.25) is 5.02 Å². The number of nitrogens with zero attached hydrogens (tertiary/aromatic N) is 3. The zero-order valence-corrected chi connectivity index (χ0v) is 17.7. The Kier molecular flexibility index (Phi) is 6.09. The molecule has 7 heteroatoms. The number of carbonyl (C=O) groups is 2. The number of benzene rings is 2. The number of nitrogens with one attached hydrogen (secondary N) is 1. The van der Waals surface area contributed by atoms with Gasteiger partial charge in [-0.15, -0.1) is 0 Å². The van der Waals surface area contributed by atoms with Gasteiger partial charge in [-0.1, -0.05) is 59.7 Å². The van der Waals surface area contributed by atoms with E-state index in [1.807, 2.05) is 55.5 Å². The smallest absolute Gasteiger partial charge is 0.313 e. The van der Waals surface area contributed by atoms with Crippen LogP contribution in [-0.4, -0.2) is 34.9 Å². The van der Waals surface area contributed by atoms with E-state index >= 15 is 0 Å². The first-order chi connectivity index (χ1) is 15.0. The maximum Gasteiger partial charge on any atom is 0.322 e. The number of fused-ring (bicyclic) bond motifs is 1. The highest BCUT2D eigenvalue weighted by molar-refractivity contribution is 6.30. The average Bonchev–Trinajstić information content (AvgIpc) is 2.76. The second kappa shape index (κ2) is 9.10. The molecule has 0 saturated heterocycles. The zero-order valence-electron chi connectivity index (χ0n) is 17.0. The van der Waals surface area contributed by atoms with E-state index in [9.17, 15) is 9.59 Å². The Morgan fingerprint density at radius 3 is 2.52 bits per heavy atom. The number of halogens is 1. The quantitative estimate of drug-likeness (QED) is 0.736. The second-order valence-electron chi connectivity index (χ2n) is 7.40. The third kappa shape index (κ3) is 5.16. The van der Waals surface area contributed by atoms with Gasteiger partial charge in [-0.25, -0.2) is 9.79 Å². The highest BCUT2D eigenvalue weighted by atomic mass is 35.5. The second-order valence-corrected chi connectivity index (χ2v) is 7.84. The molecular weight excluding hydrogens is 412 g/mol. The summed E-state index contributed by atoms with van der Waals surface area (Å²) in [4.78, 5) is 35.7. The van der Waals surface area contributed by atoms with Crippen LogP contribution >= 0.6 is 11.6 Å². The summed E-state index contributed by atoms with van der Waals surface area (Å²) in [7, 11) is 0. The maximum absolute atomic E-state index is 13.1. The molecule has 0 aromatic heterocycles. The highest BCUT2D eigenvalue weighted by Crippen LogP contribution is 2.18. The van der Waals surface area contributed by atoms with E-state index in [0.717, 1.165) is 11.1 Å². The average molecular weight is 433 g/mol. The molecule has 3 amide bonds. The summed E-state index contributed by atoms with van der Waals surface area (Å²) in [5, 5.41) is 3.53. The van der Waals surface area contributed by atoms with Crippen molar-refractivity contribution >= 4 is 40.8 Å². The van der Waals surface area contributed by atoms with Gasteiger partial charge < -0.3 is 10.2 Å². The number of carbonyl (C=O) groups excluding carboxylic acids is 2. The summed E-state index contributed by atoms with van der Waals surface area (Å²) >= 11 is 5.99. The third-order valence-electron chi connectivity index (χ3n) is 4.97. The van der Waals surface area contributed by atoms with E-state index in [1.54, 1.807) is 29.2 Å². The van der Waals surface area contributed by atoms with Crippen molar-refractivity contribution in [3.05, 3.63) is 89.0 Å². The summed E-state index contributed by atoms with van der Waals surface area (Å²) in [6.07, 6.45) is 7.22. The van der Waals surface area contributed by atoms with E-state index in [4.69, 9.17) is 11.6 Å². The van der Waals surface area contributed by atoms with E-state index in [2.05, 4.69) is 15.3 Å². The van der Waals surface area contributed by atoms with Crippen molar-refractivity contribution < 1.29 is 9.59 Å². The summed E-state index contributed by atoms with van der Waals surface area (Å²) < 4.78 is 0. The largest absolute Gasteiger partial charge is 0.322 e. The van der Waals surface area contributed by atoms with Gasteiger partial charge in [0.15, 0.2) is 5.84 Å². The first-order valence-electron chi connectivity index (χ1n) is 9.90. The molecule has 2 aromatic carbocycles. The summed E-state index contributed by atoms with van der Waals surface area (Å²) in [6.45, 7) is 2.39. The van der Waals surface area contributed by atoms with Crippen LogP contribution in [0, 0.1) is 12.8 Å². The van der Waals surface area contributed by atoms with Gasteiger partial charge in [-0.3, -0.25) is 4.79 Å². The molecule has 1 heterocycles. The normalized spacial score (nSPS) is 17.0. The number of anilines is 1. The minimum Gasteiger partial charge on any atom is -0.313 e. The van der Waals surface area contributed by atoms with E-state index in [-0.39, 0.29) is 18.5 Å². The minimum absolute atomic E-state index is 0.0971. The van der Waals surface area contributed by atoms with Crippen molar-refractivity contribution in [1.29, 1.82) is 0 Å². The van der Waals surface area contributed by atoms with Crippen LogP contribution in [0.25, 0.3) is 0 Å². The molecule has 2 aliphatic rings. The third-order valence-corrected chi connectivity index (χ3v) is 5.22. The molecular formula is C24H21ClN4O2. The lowest BCUT2D eigenvalue weighted by molar-refractivity contribution is -0.118. The molecule has 0 radical (unpaired) electrons. The fraction of sp³-hybridized carbons (Fsp3) is 0.167. The predicted octanol–water partition coefficient (Wildman–Crippen LogP) is 4.80. The van der Waals surface area contributed by atoms with Gasteiger partial charge in [0.1, 0.15) is 5.92 Å². The Hall–Kier alpha value is -3.51. The van der Waals surface area contributed by atoms with Gasteiger partial charge in [0.25, 0.3) is 5.91 Å². The van der Waals surface area contributed by atoms with Crippen LogP contribution in [0.5, 0.6) is 0 Å². The first kappa shape index (κ1) is 20.8. The van der Waals surface area contributed by atoms with Crippen LogP contribution in [0.4, 0.5) is 10.5 Å². The van der Waals surface area contributed by atoms with Gasteiger partial charge in [-0.2, -0.15) is 4.99 Å². The van der Waals surface area contributed by atoms with Gasteiger partial charge >= 0.3 is 6.03 Å². The van der Waals surface area contributed by atoms with Crippen LogP contribution in [0.15, 0.2) is 82.8 Å². The maximum atomic E-state index is 13.1. The number of amides is 3. The van der Waals surface area contributed by atoms with Crippen molar-refractivity contribution in [2.45, 2.75) is 13.5 Å². The van der Waals surface area contributed by atoms with Gasteiger partial charge in [0, 0.05) is 17.3 Å². The molecule has 1 aliphatic carbocycles. The molecule has 0 bridgehead atoms. The summed E-state index contributed by atoms with van der Waals surface area (Å²) in [6, 6.07) is 14.5. The first-order valence-corrected chi connectivity index (χ1v) is 10.3. The van der Waals surface area contributed by atoms with Crippen LogP contribution in [0.1, 0.15) is 11.1 Å². The predicted molar refractivity (Wildman–Crippen MR) is 124 cm³/mol. The Morgan fingerprint density at radius 2 is 1.77 bits per heavy atom. The van der Waals surface area contributed by atoms with E-state index < -0.39 is 5.92 Å². The van der Waals surface area contributed by atoms with Gasteiger partial charge in [-0.05, 0) is 42.8 Å². The number of hydrogen-bond donors (Lipinski definition) is 1. The molecule has 1 unspecified atom stereocenters. The number of hydrogen-bond acceptors (Lipinski definition) is 3. The van der Waals surface area contributed by atoms with E-state index in [0.29, 0.717) is 28.8 Å². The number of aliphatic imine (C=N–C) groups is 2. The fourth-order valence-electron chi connectivity index (χ4n) is 3.31. The van der Waals surface area contributed by atoms with Crippen molar-refractivity contribution in [3.63, 3.8) is 0 Å². The van der Waals surface area contributed by atoms with Crippen molar-refractivity contribution in [1.82, 2.24) is 4.90 Å². The molecule has 1 N–H and O–H groups in total. The summed E-state index contributed by atoms with van der Waals surface area (Å²) in [5.74, 6) is -0.407. The van der Waals surface area contributed by atoms with Crippen molar-refractivity contribution in [2.75, 3.05) is 11.9 Å². The number of rotatable bonds is 5. The fourth-order valence-corrected chi connectivity index (χ4v) is 3.43. The SMILES string of the molecule is Cc1ccc(NC(=O)N(CC2=NC(=O)C3C=CC=CC3=N2)Cc2ccc(Cl)cc2)cc1. The molecule has 0 saturated carbocycles.